The van der Waals surface area contributed by atoms with Crippen LogP contribution in [-0.2, 0) is 22.7 Å². The molecule has 1 atom stereocenters. The number of hydrogen-bond acceptors (Lipinski definition) is 2. The quantitative estimate of drug-likeness (QED) is 0.518. The van der Waals surface area contributed by atoms with Gasteiger partial charge in [-0.05, 0) is 30.4 Å². The minimum absolute atomic E-state index is 0.0557. The third-order valence-electron chi connectivity index (χ3n) is 5.41. The molecule has 0 radical (unpaired) electrons. The van der Waals surface area contributed by atoms with Crippen molar-refractivity contribution in [1.82, 2.24) is 4.90 Å². The van der Waals surface area contributed by atoms with Crippen LogP contribution in [0.1, 0.15) is 43.2 Å². The Morgan fingerprint density at radius 1 is 0.963 bits per heavy atom. The van der Waals surface area contributed by atoms with Crippen LogP contribution in [0.3, 0.4) is 0 Å². The van der Waals surface area contributed by atoms with Gasteiger partial charge < -0.3 is 4.90 Å². The summed E-state index contributed by atoms with van der Waals surface area (Å²) in [6, 6.07) is 19.9. The van der Waals surface area contributed by atoms with E-state index in [2.05, 4.69) is 6.58 Å². The smallest absolute Gasteiger partial charge is 0.237 e. The maximum Gasteiger partial charge on any atom is 0.237 e. The number of carbonyl (C=O) groups excluding carboxylic acids is 2. The maximum absolute atomic E-state index is 13.7. The van der Waals surface area contributed by atoms with Crippen molar-refractivity contribution in [3.05, 3.63) is 84.4 Å². The molecule has 0 N–H and O–H groups in total. The highest BCUT2D eigenvalue weighted by atomic mass is 16.2. The minimum Gasteiger partial charge on any atom is -0.333 e. The molecule has 2 aromatic rings. The normalized spacial score (nSPS) is 19.5. The monoisotopic (exact) mass is 361 g/mol. The highest BCUT2D eigenvalue weighted by Crippen LogP contribution is 2.39. The van der Waals surface area contributed by atoms with Gasteiger partial charge in [0.05, 0.1) is 0 Å². The van der Waals surface area contributed by atoms with E-state index in [0.29, 0.717) is 32.4 Å². The van der Waals surface area contributed by atoms with Crippen molar-refractivity contribution in [1.29, 1.82) is 0 Å². The SMILES string of the molecule is C=CCC1(C(=O)N(Cc2ccccc2)Cc2ccccc2)CCCCC1=O. The Morgan fingerprint density at radius 3 is 2.00 bits per heavy atom. The first-order valence-corrected chi connectivity index (χ1v) is 9.67. The Balaban J connectivity index is 1.93. The van der Waals surface area contributed by atoms with Gasteiger partial charge in [0.2, 0.25) is 5.91 Å². The van der Waals surface area contributed by atoms with Crippen LogP contribution in [0.2, 0.25) is 0 Å². The van der Waals surface area contributed by atoms with Crippen molar-refractivity contribution >= 4 is 11.7 Å². The van der Waals surface area contributed by atoms with E-state index in [9.17, 15) is 9.59 Å². The molecule has 0 aromatic heterocycles. The van der Waals surface area contributed by atoms with Gasteiger partial charge in [0.1, 0.15) is 11.2 Å². The molecule has 27 heavy (non-hydrogen) atoms. The van der Waals surface area contributed by atoms with Gasteiger partial charge in [0, 0.05) is 19.5 Å². The van der Waals surface area contributed by atoms with Crippen molar-refractivity contribution in [2.45, 2.75) is 45.2 Å². The summed E-state index contributed by atoms with van der Waals surface area (Å²) in [4.78, 5) is 28.4. The lowest BCUT2D eigenvalue weighted by Gasteiger charge is -2.38. The van der Waals surface area contributed by atoms with Crippen LogP contribution < -0.4 is 0 Å². The Bertz CT molecular complexity index is 743. The van der Waals surface area contributed by atoms with Gasteiger partial charge in [0.25, 0.3) is 0 Å². The summed E-state index contributed by atoms with van der Waals surface area (Å²) >= 11 is 0. The summed E-state index contributed by atoms with van der Waals surface area (Å²) in [7, 11) is 0. The summed E-state index contributed by atoms with van der Waals surface area (Å²) < 4.78 is 0. The lowest BCUT2D eigenvalue weighted by atomic mass is 9.69. The van der Waals surface area contributed by atoms with Crippen LogP contribution in [0.4, 0.5) is 0 Å². The fraction of sp³-hybridized carbons (Fsp3) is 0.333. The van der Waals surface area contributed by atoms with Gasteiger partial charge in [-0.3, -0.25) is 9.59 Å². The van der Waals surface area contributed by atoms with Crippen LogP contribution in [0, 0.1) is 5.41 Å². The number of allylic oxidation sites excluding steroid dienone is 1. The molecule has 0 bridgehead atoms. The molecule has 3 rings (SSSR count). The van der Waals surface area contributed by atoms with Crippen molar-refractivity contribution in [3.8, 4) is 0 Å². The average Bonchev–Trinajstić information content (AvgIpc) is 2.70. The predicted octanol–water partition coefficient (Wildman–Crippen LogP) is 4.92. The van der Waals surface area contributed by atoms with Gasteiger partial charge in [0.15, 0.2) is 0 Å². The summed E-state index contributed by atoms with van der Waals surface area (Å²) in [6.45, 7) is 4.82. The van der Waals surface area contributed by atoms with Crippen LogP contribution in [-0.4, -0.2) is 16.6 Å². The molecular formula is C24H27NO2. The van der Waals surface area contributed by atoms with Crippen LogP contribution in [0.15, 0.2) is 73.3 Å². The number of benzene rings is 2. The zero-order valence-corrected chi connectivity index (χ0v) is 15.8. The molecule has 1 amide bonds. The molecule has 3 heteroatoms. The average molecular weight is 361 g/mol. The molecule has 1 aliphatic rings. The maximum atomic E-state index is 13.7. The van der Waals surface area contributed by atoms with E-state index in [1.807, 2.05) is 65.6 Å². The number of ketones is 1. The van der Waals surface area contributed by atoms with Crippen molar-refractivity contribution in [2.75, 3.05) is 0 Å². The van der Waals surface area contributed by atoms with Gasteiger partial charge >= 0.3 is 0 Å². The number of carbonyl (C=O) groups is 2. The Labute approximate surface area is 161 Å². The van der Waals surface area contributed by atoms with E-state index >= 15 is 0 Å². The molecular weight excluding hydrogens is 334 g/mol. The van der Waals surface area contributed by atoms with Crippen molar-refractivity contribution in [3.63, 3.8) is 0 Å². The van der Waals surface area contributed by atoms with Gasteiger partial charge in [-0.1, -0.05) is 73.2 Å². The second-order valence-corrected chi connectivity index (χ2v) is 7.34. The summed E-state index contributed by atoms with van der Waals surface area (Å²) in [6.07, 6.45) is 5.05. The fourth-order valence-electron chi connectivity index (χ4n) is 3.98. The first kappa shape index (κ1) is 19.1. The van der Waals surface area contributed by atoms with E-state index in [1.165, 1.54) is 0 Å². The van der Waals surface area contributed by atoms with E-state index in [0.717, 1.165) is 24.0 Å². The number of hydrogen-bond donors (Lipinski definition) is 0. The minimum atomic E-state index is -0.941. The third-order valence-corrected chi connectivity index (χ3v) is 5.41. The van der Waals surface area contributed by atoms with Crippen LogP contribution in [0.5, 0.6) is 0 Å². The Kier molecular flexibility index (Phi) is 6.23. The molecule has 1 unspecified atom stereocenters. The van der Waals surface area contributed by atoms with Crippen molar-refractivity contribution < 1.29 is 9.59 Å². The largest absolute Gasteiger partial charge is 0.333 e. The molecule has 2 aromatic carbocycles. The molecule has 0 aliphatic heterocycles. The van der Waals surface area contributed by atoms with E-state index in [4.69, 9.17) is 0 Å². The lowest BCUT2D eigenvalue weighted by Crippen LogP contribution is -2.49. The fourth-order valence-corrected chi connectivity index (χ4v) is 3.98. The van der Waals surface area contributed by atoms with Crippen LogP contribution >= 0.6 is 0 Å². The summed E-state index contributed by atoms with van der Waals surface area (Å²) in [5.74, 6) is 0.0181. The predicted molar refractivity (Wildman–Crippen MR) is 108 cm³/mol. The Hall–Kier alpha value is -2.68. The van der Waals surface area contributed by atoms with E-state index < -0.39 is 5.41 Å². The Morgan fingerprint density at radius 2 is 1.52 bits per heavy atom. The molecule has 0 spiro atoms. The summed E-state index contributed by atoms with van der Waals surface area (Å²) in [5.41, 5.74) is 1.20. The molecule has 1 fully saturated rings. The molecule has 1 saturated carbocycles. The molecule has 0 saturated heterocycles. The number of amides is 1. The van der Waals surface area contributed by atoms with E-state index in [-0.39, 0.29) is 11.7 Å². The van der Waals surface area contributed by atoms with Crippen LogP contribution in [0.25, 0.3) is 0 Å². The second kappa shape index (κ2) is 8.81. The van der Waals surface area contributed by atoms with E-state index in [1.54, 1.807) is 6.08 Å². The standard InChI is InChI=1S/C24H27NO2/c1-2-16-24(17-10-9-15-22(24)26)23(27)25(18-20-11-5-3-6-12-20)19-21-13-7-4-8-14-21/h2-8,11-14H,1,9-10,15-19H2. The van der Waals surface area contributed by atoms with Gasteiger partial charge in [-0.25, -0.2) is 0 Å². The van der Waals surface area contributed by atoms with Gasteiger partial charge in [-0.2, -0.15) is 0 Å². The molecule has 3 nitrogen and oxygen atoms in total. The molecule has 140 valence electrons. The lowest BCUT2D eigenvalue weighted by molar-refractivity contribution is -0.153. The zero-order chi connectivity index (χ0) is 19.1. The molecule has 0 heterocycles. The summed E-state index contributed by atoms with van der Waals surface area (Å²) in [5, 5.41) is 0. The third kappa shape index (κ3) is 4.36. The first-order chi connectivity index (χ1) is 13.2. The highest BCUT2D eigenvalue weighted by Gasteiger charge is 2.47. The highest BCUT2D eigenvalue weighted by molar-refractivity contribution is 6.06. The molecule has 1 aliphatic carbocycles. The van der Waals surface area contributed by atoms with Crippen molar-refractivity contribution in [2.24, 2.45) is 5.41 Å². The zero-order valence-electron chi connectivity index (χ0n) is 15.8. The number of Topliss-reactive ketones (excluding diaryl/α,β-unsaturated/α-hetero) is 1. The van der Waals surface area contributed by atoms with Gasteiger partial charge in [-0.15, -0.1) is 6.58 Å². The second-order valence-electron chi connectivity index (χ2n) is 7.34. The first-order valence-electron chi connectivity index (χ1n) is 9.67. The number of rotatable bonds is 7. The number of nitrogens with zero attached hydrogens (tertiary/aromatic N) is 1. The topological polar surface area (TPSA) is 37.4 Å².